The van der Waals surface area contributed by atoms with Crippen molar-refractivity contribution in [1.82, 2.24) is 9.55 Å². The van der Waals surface area contributed by atoms with Crippen LogP contribution in [0, 0.1) is 11.8 Å². The number of aromatic nitrogens is 2. The molecule has 0 saturated heterocycles. The number of nitrogens with zero attached hydrogens (tertiary/aromatic N) is 2. The van der Waals surface area contributed by atoms with Gasteiger partial charge in [0, 0.05) is 24.6 Å². The third-order valence-electron chi connectivity index (χ3n) is 4.49. The van der Waals surface area contributed by atoms with Crippen molar-refractivity contribution in [2.45, 2.75) is 32.6 Å². The zero-order valence-electron chi connectivity index (χ0n) is 12.1. The van der Waals surface area contributed by atoms with Crippen molar-refractivity contribution in [3.05, 3.63) is 42.7 Å². The second-order valence-electron chi connectivity index (χ2n) is 5.86. The third kappa shape index (κ3) is 2.87. The SMILES string of the molecule is CC1CCCCC1CNc1nccn1-c1ccccc1. The molecule has 0 aliphatic heterocycles. The van der Waals surface area contributed by atoms with Gasteiger partial charge in [-0.2, -0.15) is 0 Å². The Morgan fingerprint density at radius 3 is 2.80 bits per heavy atom. The summed E-state index contributed by atoms with van der Waals surface area (Å²) in [6.07, 6.45) is 9.38. The highest BCUT2D eigenvalue weighted by Gasteiger charge is 2.21. The van der Waals surface area contributed by atoms with E-state index in [0.29, 0.717) is 0 Å². The van der Waals surface area contributed by atoms with Gasteiger partial charge in [0.2, 0.25) is 5.95 Å². The molecule has 0 bridgehead atoms. The molecule has 1 N–H and O–H groups in total. The van der Waals surface area contributed by atoms with Crippen molar-refractivity contribution >= 4 is 5.95 Å². The maximum atomic E-state index is 4.45. The van der Waals surface area contributed by atoms with Gasteiger partial charge in [0.25, 0.3) is 0 Å². The molecule has 3 heteroatoms. The molecule has 0 spiro atoms. The number of anilines is 1. The highest BCUT2D eigenvalue weighted by molar-refractivity contribution is 5.41. The molecule has 2 atom stereocenters. The second-order valence-corrected chi connectivity index (χ2v) is 5.86. The summed E-state index contributed by atoms with van der Waals surface area (Å²) < 4.78 is 2.12. The summed E-state index contributed by atoms with van der Waals surface area (Å²) in [5, 5.41) is 3.54. The minimum absolute atomic E-state index is 0.782. The van der Waals surface area contributed by atoms with Crippen LogP contribution in [-0.2, 0) is 0 Å². The molecule has 1 heterocycles. The molecular formula is C17H23N3. The second kappa shape index (κ2) is 6.12. The first kappa shape index (κ1) is 13.2. The number of imidazole rings is 1. The van der Waals surface area contributed by atoms with Gasteiger partial charge in [0.05, 0.1) is 0 Å². The Hall–Kier alpha value is -1.77. The summed E-state index contributed by atoms with van der Waals surface area (Å²) in [6, 6.07) is 10.4. The third-order valence-corrected chi connectivity index (χ3v) is 4.49. The first-order valence-corrected chi connectivity index (χ1v) is 7.67. The average Bonchev–Trinajstić information content (AvgIpc) is 2.96. The van der Waals surface area contributed by atoms with Crippen LogP contribution in [0.25, 0.3) is 5.69 Å². The topological polar surface area (TPSA) is 29.9 Å². The van der Waals surface area contributed by atoms with E-state index in [0.717, 1.165) is 30.0 Å². The molecular weight excluding hydrogens is 246 g/mol. The van der Waals surface area contributed by atoms with Crippen LogP contribution < -0.4 is 5.32 Å². The summed E-state index contributed by atoms with van der Waals surface area (Å²) in [7, 11) is 0. The quantitative estimate of drug-likeness (QED) is 0.905. The molecule has 0 amide bonds. The summed E-state index contributed by atoms with van der Waals surface area (Å²) >= 11 is 0. The lowest BCUT2D eigenvalue weighted by molar-refractivity contribution is 0.268. The lowest BCUT2D eigenvalue weighted by Crippen LogP contribution is -2.25. The Balaban J connectivity index is 1.68. The number of benzene rings is 1. The lowest BCUT2D eigenvalue weighted by atomic mass is 9.80. The van der Waals surface area contributed by atoms with E-state index < -0.39 is 0 Å². The van der Waals surface area contributed by atoms with Crippen molar-refractivity contribution < 1.29 is 0 Å². The number of hydrogen-bond acceptors (Lipinski definition) is 2. The first-order chi connectivity index (χ1) is 9.84. The van der Waals surface area contributed by atoms with Crippen LogP contribution in [0.5, 0.6) is 0 Å². The van der Waals surface area contributed by atoms with Gasteiger partial charge in [-0.25, -0.2) is 4.98 Å². The van der Waals surface area contributed by atoms with Crippen LogP contribution in [0.4, 0.5) is 5.95 Å². The maximum Gasteiger partial charge on any atom is 0.207 e. The minimum Gasteiger partial charge on any atom is -0.355 e. The van der Waals surface area contributed by atoms with E-state index in [1.165, 1.54) is 25.7 Å². The van der Waals surface area contributed by atoms with E-state index in [4.69, 9.17) is 0 Å². The van der Waals surface area contributed by atoms with Gasteiger partial charge in [-0.1, -0.05) is 44.4 Å². The number of rotatable bonds is 4. The molecule has 1 aromatic carbocycles. The van der Waals surface area contributed by atoms with Crippen molar-refractivity contribution in [3.63, 3.8) is 0 Å². The van der Waals surface area contributed by atoms with Crippen molar-refractivity contribution in [1.29, 1.82) is 0 Å². The average molecular weight is 269 g/mol. The van der Waals surface area contributed by atoms with Gasteiger partial charge in [0.1, 0.15) is 0 Å². The fourth-order valence-electron chi connectivity index (χ4n) is 3.15. The molecule has 1 aromatic heterocycles. The Morgan fingerprint density at radius 1 is 1.20 bits per heavy atom. The van der Waals surface area contributed by atoms with Gasteiger partial charge in [0.15, 0.2) is 0 Å². The van der Waals surface area contributed by atoms with Gasteiger partial charge in [-0.3, -0.25) is 4.57 Å². The smallest absolute Gasteiger partial charge is 0.207 e. The molecule has 3 rings (SSSR count). The largest absolute Gasteiger partial charge is 0.355 e. The minimum atomic E-state index is 0.782. The maximum absolute atomic E-state index is 4.45. The van der Waals surface area contributed by atoms with E-state index in [1.54, 1.807) is 0 Å². The van der Waals surface area contributed by atoms with E-state index >= 15 is 0 Å². The zero-order valence-corrected chi connectivity index (χ0v) is 12.1. The molecule has 2 unspecified atom stereocenters. The monoisotopic (exact) mass is 269 g/mol. The molecule has 1 aliphatic rings. The van der Waals surface area contributed by atoms with E-state index in [1.807, 2.05) is 18.5 Å². The van der Waals surface area contributed by atoms with Crippen LogP contribution >= 0.6 is 0 Å². The van der Waals surface area contributed by atoms with Crippen LogP contribution in [0.3, 0.4) is 0 Å². The van der Waals surface area contributed by atoms with Crippen molar-refractivity contribution in [2.75, 3.05) is 11.9 Å². The predicted molar refractivity (Wildman–Crippen MR) is 83.2 cm³/mol. The molecule has 1 saturated carbocycles. The molecule has 1 aliphatic carbocycles. The summed E-state index contributed by atoms with van der Waals surface area (Å²) in [6.45, 7) is 3.42. The molecule has 3 nitrogen and oxygen atoms in total. The summed E-state index contributed by atoms with van der Waals surface area (Å²) in [5.74, 6) is 2.56. The first-order valence-electron chi connectivity index (χ1n) is 7.67. The van der Waals surface area contributed by atoms with Gasteiger partial charge < -0.3 is 5.32 Å². The normalized spacial score (nSPS) is 22.6. The number of hydrogen-bond donors (Lipinski definition) is 1. The van der Waals surface area contributed by atoms with Gasteiger partial charge in [-0.15, -0.1) is 0 Å². The van der Waals surface area contributed by atoms with Gasteiger partial charge >= 0.3 is 0 Å². The highest BCUT2D eigenvalue weighted by Crippen LogP contribution is 2.29. The number of para-hydroxylation sites is 1. The summed E-state index contributed by atoms with van der Waals surface area (Å²) in [5.41, 5.74) is 1.16. The predicted octanol–water partition coefficient (Wildman–Crippen LogP) is 4.11. The summed E-state index contributed by atoms with van der Waals surface area (Å²) in [4.78, 5) is 4.45. The van der Waals surface area contributed by atoms with E-state index in [9.17, 15) is 0 Å². The standard InChI is InChI=1S/C17H23N3/c1-14-7-5-6-8-15(14)13-19-17-18-11-12-20(17)16-9-3-2-4-10-16/h2-4,9-12,14-15H,5-8,13H2,1H3,(H,18,19). The Labute approximate surface area is 121 Å². The molecule has 20 heavy (non-hydrogen) atoms. The van der Waals surface area contributed by atoms with Crippen molar-refractivity contribution in [2.24, 2.45) is 11.8 Å². The lowest BCUT2D eigenvalue weighted by Gasteiger charge is -2.29. The van der Waals surface area contributed by atoms with Crippen LogP contribution in [-0.4, -0.2) is 16.1 Å². The molecule has 106 valence electrons. The zero-order chi connectivity index (χ0) is 13.8. The fourth-order valence-corrected chi connectivity index (χ4v) is 3.15. The van der Waals surface area contributed by atoms with Crippen LogP contribution in [0.15, 0.2) is 42.7 Å². The fraction of sp³-hybridized carbons (Fsp3) is 0.471. The van der Waals surface area contributed by atoms with E-state index in [-0.39, 0.29) is 0 Å². The van der Waals surface area contributed by atoms with Gasteiger partial charge in [-0.05, 0) is 30.4 Å². The Bertz CT molecular complexity index is 532. The number of nitrogens with one attached hydrogen (secondary N) is 1. The Kier molecular flexibility index (Phi) is 4.05. The Morgan fingerprint density at radius 2 is 2.00 bits per heavy atom. The molecule has 2 aromatic rings. The highest BCUT2D eigenvalue weighted by atomic mass is 15.2. The molecule has 1 fully saturated rings. The van der Waals surface area contributed by atoms with Crippen LogP contribution in [0.2, 0.25) is 0 Å². The van der Waals surface area contributed by atoms with Crippen molar-refractivity contribution in [3.8, 4) is 5.69 Å². The van der Waals surface area contributed by atoms with Crippen LogP contribution in [0.1, 0.15) is 32.6 Å². The van der Waals surface area contributed by atoms with E-state index in [2.05, 4.69) is 46.1 Å². The molecule has 0 radical (unpaired) electrons.